The SMILES string of the molecule is NC(=S)N1C[C@H]2CCC[C@@H](Nc3cccc(C(F)(F)F)c3)[C@H]2C1. The van der Waals surface area contributed by atoms with Crippen LogP contribution in [0.4, 0.5) is 18.9 Å². The highest BCUT2D eigenvalue weighted by Crippen LogP contribution is 2.38. The number of fused-ring (bicyclic) bond motifs is 1. The third-order valence-corrected chi connectivity index (χ3v) is 5.21. The topological polar surface area (TPSA) is 41.3 Å². The maximum atomic E-state index is 12.8. The van der Waals surface area contributed by atoms with Gasteiger partial charge in [0.1, 0.15) is 0 Å². The molecule has 0 radical (unpaired) electrons. The molecule has 3 atom stereocenters. The van der Waals surface area contributed by atoms with E-state index in [4.69, 9.17) is 18.0 Å². The summed E-state index contributed by atoms with van der Waals surface area (Å²) in [6.45, 7) is 1.65. The molecule has 3 N–H and O–H groups in total. The molecule has 0 amide bonds. The summed E-state index contributed by atoms with van der Waals surface area (Å²) in [4.78, 5) is 2.01. The van der Waals surface area contributed by atoms with Gasteiger partial charge in [-0.2, -0.15) is 13.2 Å². The Labute approximate surface area is 139 Å². The minimum atomic E-state index is -4.32. The zero-order chi connectivity index (χ0) is 16.6. The van der Waals surface area contributed by atoms with E-state index < -0.39 is 11.7 Å². The number of halogens is 3. The van der Waals surface area contributed by atoms with E-state index in [1.165, 1.54) is 12.1 Å². The Balaban J connectivity index is 1.74. The maximum Gasteiger partial charge on any atom is 0.416 e. The summed E-state index contributed by atoms with van der Waals surface area (Å²) in [5.74, 6) is 0.883. The average molecular weight is 343 g/mol. The Morgan fingerprint density at radius 1 is 1.26 bits per heavy atom. The molecular weight excluding hydrogens is 323 g/mol. The summed E-state index contributed by atoms with van der Waals surface area (Å²) in [6, 6.07) is 5.58. The smallest absolute Gasteiger partial charge is 0.382 e. The van der Waals surface area contributed by atoms with Crippen LogP contribution in [0.3, 0.4) is 0 Å². The van der Waals surface area contributed by atoms with Crippen molar-refractivity contribution in [2.75, 3.05) is 18.4 Å². The van der Waals surface area contributed by atoms with Crippen LogP contribution in [0.5, 0.6) is 0 Å². The van der Waals surface area contributed by atoms with Crippen LogP contribution in [0.25, 0.3) is 0 Å². The Morgan fingerprint density at radius 2 is 2.04 bits per heavy atom. The van der Waals surface area contributed by atoms with Crippen molar-refractivity contribution in [3.63, 3.8) is 0 Å². The first-order valence-corrected chi connectivity index (χ1v) is 8.23. The molecule has 0 bridgehead atoms. The van der Waals surface area contributed by atoms with Crippen molar-refractivity contribution in [3.05, 3.63) is 29.8 Å². The number of alkyl halides is 3. The van der Waals surface area contributed by atoms with Crippen molar-refractivity contribution >= 4 is 23.0 Å². The number of rotatable bonds is 2. The first-order valence-electron chi connectivity index (χ1n) is 7.83. The fourth-order valence-electron chi connectivity index (χ4n) is 3.83. The number of hydrogen-bond donors (Lipinski definition) is 2. The van der Waals surface area contributed by atoms with E-state index in [2.05, 4.69) is 5.32 Å². The number of anilines is 1. The summed E-state index contributed by atoms with van der Waals surface area (Å²) in [7, 11) is 0. The number of nitrogens with two attached hydrogens (primary N) is 1. The zero-order valence-electron chi connectivity index (χ0n) is 12.6. The molecule has 2 fully saturated rings. The van der Waals surface area contributed by atoms with Crippen LogP contribution in [-0.2, 0) is 6.18 Å². The van der Waals surface area contributed by atoms with Crippen molar-refractivity contribution < 1.29 is 13.2 Å². The second-order valence-electron chi connectivity index (χ2n) is 6.43. The van der Waals surface area contributed by atoms with E-state index in [0.717, 1.165) is 38.4 Å². The van der Waals surface area contributed by atoms with E-state index in [9.17, 15) is 13.2 Å². The first kappa shape index (κ1) is 16.4. The molecule has 126 valence electrons. The van der Waals surface area contributed by atoms with Gasteiger partial charge < -0.3 is 16.0 Å². The van der Waals surface area contributed by atoms with Crippen LogP contribution in [0.1, 0.15) is 24.8 Å². The number of likely N-dealkylation sites (tertiary alicyclic amines) is 1. The van der Waals surface area contributed by atoms with Crippen LogP contribution >= 0.6 is 12.2 Å². The van der Waals surface area contributed by atoms with Gasteiger partial charge in [-0.3, -0.25) is 0 Å². The molecule has 1 saturated carbocycles. The lowest BCUT2D eigenvalue weighted by Gasteiger charge is -2.34. The van der Waals surface area contributed by atoms with Gasteiger partial charge >= 0.3 is 6.18 Å². The number of nitrogens with zero attached hydrogens (tertiary/aromatic N) is 1. The van der Waals surface area contributed by atoms with Gasteiger partial charge in [0.25, 0.3) is 0 Å². The van der Waals surface area contributed by atoms with Gasteiger partial charge in [0.05, 0.1) is 5.56 Å². The third kappa shape index (κ3) is 3.54. The van der Waals surface area contributed by atoms with Gasteiger partial charge in [-0.15, -0.1) is 0 Å². The number of thiocarbonyl (C=S) groups is 1. The average Bonchev–Trinajstić information content (AvgIpc) is 2.92. The fraction of sp³-hybridized carbons (Fsp3) is 0.562. The van der Waals surface area contributed by atoms with Crippen LogP contribution in [0.15, 0.2) is 24.3 Å². The molecule has 0 unspecified atom stereocenters. The number of hydrogen-bond acceptors (Lipinski definition) is 2. The third-order valence-electron chi connectivity index (χ3n) is 4.95. The van der Waals surface area contributed by atoms with Crippen LogP contribution in [-0.4, -0.2) is 29.1 Å². The summed E-state index contributed by atoms with van der Waals surface area (Å²) >= 11 is 5.06. The Bertz CT molecular complexity index is 590. The molecule has 1 aliphatic carbocycles. The molecule has 1 heterocycles. The van der Waals surface area contributed by atoms with E-state index in [1.807, 2.05) is 4.90 Å². The molecule has 2 aliphatic rings. The molecule has 1 aromatic rings. The van der Waals surface area contributed by atoms with Crippen molar-refractivity contribution in [3.8, 4) is 0 Å². The second kappa shape index (κ2) is 6.19. The van der Waals surface area contributed by atoms with Gasteiger partial charge in [0.2, 0.25) is 0 Å². The molecule has 0 aromatic heterocycles. The van der Waals surface area contributed by atoms with Crippen LogP contribution in [0, 0.1) is 11.8 Å². The predicted octanol–water partition coefficient (Wildman–Crippen LogP) is 3.46. The summed E-state index contributed by atoms with van der Waals surface area (Å²) in [5.41, 5.74) is 5.64. The van der Waals surface area contributed by atoms with E-state index in [-0.39, 0.29) is 6.04 Å². The molecule has 1 saturated heterocycles. The summed E-state index contributed by atoms with van der Waals surface area (Å²) in [6.07, 6.45) is -1.15. The van der Waals surface area contributed by atoms with E-state index in [1.54, 1.807) is 6.07 Å². The Kier molecular flexibility index (Phi) is 4.40. The first-order chi connectivity index (χ1) is 10.8. The summed E-state index contributed by atoms with van der Waals surface area (Å²) in [5, 5.41) is 3.73. The fourth-order valence-corrected chi connectivity index (χ4v) is 3.98. The van der Waals surface area contributed by atoms with Gasteiger partial charge in [-0.1, -0.05) is 12.5 Å². The number of nitrogens with one attached hydrogen (secondary N) is 1. The predicted molar refractivity (Wildman–Crippen MR) is 88.0 cm³/mol. The lowest BCUT2D eigenvalue weighted by molar-refractivity contribution is -0.137. The highest BCUT2D eigenvalue weighted by atomic mass is 32.1. The van der Waals surface area contributed by atoms with Crippen LogP contribution < -0.4 is 11.1 Å². The van der Waals surface area contributed by atoms with Gasteiger partial charge in [-0.05, 0) is 49.2 Å². The Hall–Kier alpha value is -1.50. The normalized spacial score (nSPS) is 27.6. The van der Waals surface area contributed by atoms with Crippen LogP contribution in [0.2, 0.25) is 0 Å². The zero-order valence-corrected chi connectivity index (χ0v) is 13.5. The lowest BCUT2D eigenvalue weighted by Crippen LogP contribution is -2.38. The molecule has 3 nitrogen and oxygen atoms in total. The Morgan fingerprint density at radius 3 is 2.74 bits per heavy atom. The molecular formula is C16H20F3N3S. The van der Waals surface area contributed by atoms with Crippen molar-refractivity contribution in [2.24, 2.45) is 17.6 Å². The van der Waals surface area contributed by atoms with Gasteiger partial charge in [-0.25, -0.2) is 0 Å². The largest absolute Gasteiger partial charge is 0.416 e. The highest BCUT2D eigenvalue weighted by molar-refractivity contribution is 7.80. The maximum absolute atomic E-state index is 12.8. The standard InChI is InChI=1S/C16H20F3N3S/c17-16(18,19)11-4-2-5-12(7-11)21-14-6-1-3-10-8-22(15(20)23)9-13(10)14/h2,4-5,7,10,13-14,21H,1,3,6,8-9H2,(H2,20,23)/t10-,13+,14-/m1/s1. The van der Waals surface area contributed by atoms with Gasteiger partial charge in [0, 0.05) is 30.7 Å². The quantitative estimate of drug-likeness (QED) is 0.807. The van der Waals surface area contributed by atoms with Crippen molar-refractivity contribution in [2.45, 2.75) is 31.5 Å². The van der Waals surface area contributed by atoms with Crippen molar-refractivity contribution in [1.82, 2.24) is 4.90 Å². The van der Waals surface area contributed by atoms with Crippen molar-refractivity contribution in [1.29, 1.82) is 0 Å². The van der Waals surface area contributed by atoms with E-state index in [0.29, 0.717) is 22.6 Å². The monoisotopic (exact) mass is 343 g/mol. The van der Waals surface area contributed by atoms with E-state index >= 15 is 0 Å². The highest BCUT2D eigenvalue weighted by Gasteiger charge is 2.40. The minimum absolute atomic E-state index is 0.164. The molecule has 7 heteroatoms. The minimum Gasteiger partial charge on any atom is -0.382 e. The lowest BCUT2D eigenvalue weighted by atomic mass is 9.78. The van der Waals surface area contributed by atoms with Gasteiger partial charge in [0.15, 0.2) is 5.11 Å². The molecule has 1 aromatic carbocycles. The molecule has 3 rings (SSSR count). The summed E-state index contributed by atoms with van der Waals surface area (Å²) < 4.78 is 38.5. The molecule has 0 spiro atoms. The number of benzene rings is 1. The molecule has 23 heavy (non-hydrogen) atoms. The second-order valence-corrected chi connectivity index (χ2v) is 6.85. The molecule has 1 aliphatic heterocycles.